The fourth-order valence-corrected chi connectivity index (χ4v) is 3.45. The van der Waals surface area contributed by atoms with Crippen molar-refractivity contribution in [3.63, 3.8) is 0 Å². The van der Waals surface area contributed by atoms with Crippen LogP contribution in [0.3, 0.4) is 0 Å². The summed E-state index contributed by atoms with van der Waals surface area (Å²) in [6.45, 7) is 0.447. The van der Waals surface area contributed by atoms with Crippen LogP contribution in [-0.4, -0.2) is 5.91 Å². The highest BCUT2D eigenvalue weighted by Crippen LogP contribution is 2.26. The summed E-state index contributed by atoms with van der Waals surface area (Å²) >= 11 is 4.74. The Morgan fingerprint density at radius 1 is 1.19 bits per heavy atom. The average Bonchev–Trinajstić information content (AvgIpc) is 2.89. The number of fused-ring (bicyclic) bond motifs is 1. The largest absolute Gasteiger partial charge is 0.347 e. The van der Waals surface area contributed by atoms with Crippen molar-refractivity contribution in [1.82, 2.24) is 5.32 Å². The quantitative estimate of drug-likeness (QED) is 0.715. The number of hydrogen-bond donors (Lipinski definition) is 1. The van der Waals surface area contributed by atoms with Crippen LogP contribution < -0.4 is 5.32 Å². The predicted molar refractivity (Wildman–Crippen MR) is 87.1 cm³/mol. The lowest BCUT2D eigenvalue weighted by Crippen LogP contribution is -2.21. The molecule has 0 aliphatic carbocycles. The van der Waals surface area contributed by atoms with E-state index < -0.39 is 0 Å². The van der Waals surface area contributed by atoms with Crippen LogP contribution in [-0.2, 0) is 6.54 Å². The zero-order valence-corrected chi connectivity index (χ0v) is 13.3. The normalized spacial score (nSPS) is 10.8. The number of halogens is 2. The molecule has 0 saturated carbocycles. The first-order chi connectivity index (χ1) is 10.1. The molecular formula is C16H11BrFNOS. The highest BCUT2D eigenvalue weighted by atomic mass is 79.9. The smallest absolute Gasteiger partial charge is 0.261 e. The van der Waals surface area contributed by atoms with Crippen LogP contribution in [0.15, 0.2) is 53.0 Å². The van der Waals surface area contributed by atoms with Gasteiger partial charge in [-0.2, -0.15) is 0 Å². The fourth-order valence-electron chi connectivity index (χ4n) is 2.02. The summed E-state index contributed by atoms with van der Waals surface area (Å²) in [4.78, 5) is 12.8. The Labute approximate surface area is 133 Å². The Bertz CT molecular complexity index is 815. The highest BCUT2D eigenvalue weighted by Gasteiger charge is 2.11. The number of benzene rings is 2. The third kappa shape index (κ3) is 3.14. The van der Waals surface area contributed by atoms with Crippen LogP contribution in [0, 0.1) is 5.82 Å². The molecule has 3 aromatic rings. The summed E-state index contributed by atoms with van der Waals surface area (Å²) in [7, 11) is 0. The van der Waals surface area contributed by atoms with Crippen molar-refractivity contribution in [3.05, 3.63) is 69.3 Å². The van der Waals surface area contributed by atoms with E-state index in [-0.39, 0.29) is 11.7 Å². The van der Waals surface area contributed by atoms with Crippen molar-refractivity contribution in [1.29, 1.82) is 0 Å². The Balaban J connectivity index is 1.76. The third-order valence-corrected chi connectivity index (χ3v) is 4.97. The lowest BCUT2D eigenvalue weighted by atomic mass is 10.2. The van der Waals surface area contributed by atoms with Crippen molar-refractivity contribution in [2.45, 2.75) is 6.54 Å². The summed E-state index contributed by atoms with van der Waals surface area (Å²) < 4.78 is 14.9. The van der Waals surface area contributed by atoms with Crippen molar-refractivity contribution in [3.8, 4) is 0 Å². The molecule has 3 rings (SSSR count). The molecule has 21 heavy (non-hydrogen) atoms. The lowest BCUT2D eigenvalue weighted by molar-refractivity contribution is 0.0955. The summed E-state index contributed by atoms with van der Waals surface area (Å²) in [5, 5.41) is 3.76. The summed E-state index contributed by atoms with van der Waals surface area (Å²) in [6, 6.07) is 14.1. The highest BCUT2D eigenvalue weighted by molar-refractivity contribution is 9.10. The molecule has 0 radical (unpaired) electrons. The van der Waals surface area contributed by atoms with Gasteiger partial charge in [0.25, 0.3) is 5.91 Å². The first kappa shape index (κ1) is 14.2. The van der Waals surface area contributed by atoms with Gasteiger partial charge in [-0.1, -0.05) is 40.2 Å². The molecule has 0 fully saturated rings. The number of rotatable bonds is 3. The number of hydrogen-bond acceptors (Lipinski definition) is 2. The predicted octanol–water partition coefficient (Wildman–Crippen LogP) is 4.73. The van der Waals surface area contributed by atoms with Gasteiger partial charge in [-0.15, -0.1) is 11.3 Å². The number of nitrogens with one attached hydrogen (secondary N) is 1. The molecule has 0 atom stereocenters. The molecule has 1 amide bonds. The molecule has 106 valence electrons. The SMILES string of the molecule is O=C(NCc1ccccc1Br)c1cc2ccc(F)cc2s1. The number of thiophene rings is 1. The van der Waals surface area contributed by atoms with Gasteiger partial charge in [0.05, 0.1) is 4.88 Å². The number of amides is 1. The minimum atomic E-state index is -0.287. The maximum absolute atomic E-state index is 13.2. The van der Waals surface area contributed by atoms with Crippen LogP contribution in [0.4, 0.5) is 4.39 Å². The van der Waals surface area contributed by atoms with Gasteiger partial charge in [0.2, 0.25) is 0 Å². The lowest BCUT2D eigenvalue weighted by Gasteiger charge is -2.05. The molecule has 2 aromatic carbocycles. The number of carbonyl (C=O) groups is 1. The number of carbonyl (C=O) groups excluding carboxylic acids is 1. The average molecular weight is 364 g/mol. The minimum Gasteiger partial charge on any atom is -0.347 e. The fraction of sp³-hybridized carbons (Fsp3) is 0.0625. The van der Waals surface area contributed by atoms with E-state index in [9.17, 15) is 9.18 Å². The van der Waals surface area contributed by atoms with Gasteiger partial charge in [0.15, 0.2) is 0 Å². The molecular weight excluding hydrogens is 353 g/mol. The molecule has 0 saturated heterocycles. The molecule has 0 unspecified atom stereocenters. The van der Waals surface area contributed by atoms with Crippen LogP contribution in [0.25, 0.3) is 10.1 Å². The maximum atomic E-state index is 13.2. The third-order valence-electron chi connectivity index (χ3n) is 3.10. The second kappa shape index (κ2) is 5.95. The topological polar surface area (TPSA) is 29.1 Å². The van der Waals surface area contributed by atoms with E-state index in [2.05, 4.69) is 21.2 Å². The van der Waals surface area contributed by atoms with E-state index in [0.717, 1.165) is 20.1 Å². The van der Waals surface area contributed by atoms with E-state index in [1.807, 2.05) is 24.3 Å². The Hall–Kier alpha value is -1.72. The molecule has 0 aliphatic rings. The van der Waals surface area contributed by atoms with Gasteiger partial charge in [-0.25, -0.2) is 4.39 Å². The van der Waals surface area contributed by atoms with Gasteiger partial charge in [-0.3, -0.25) is 4.79 Å². The van der Waals surface area contributed by atoms with E-state index >= 15 is 0 Å². The monoisotopic (exact) mass is 363 g/mol. The van der Waals surface area contributed by atoms with E-state index in [0.29, 0.717) is 11.4 Å². The van der Waals surface area contributed by atoms with Gasteiger partial charge < -0.3 is 5.32 Å². The van der Waals surface area contributed by atoms with E-state index in [1.54, 1.807) is 12.1 Å². The van der Waals surface area contributed by atoms with Gasteiger partial charge in [-0.05, 0) is 35.2 Å². The first-order valence-electron chi connectivity index (χ1n) is 6.34. The Morgan fingerprint density at radius 3 is 2.81 bits per heavy atom. The molecule has 0 spiro atoms. The molecule has 2 nitrogen and oxygen atoms in total. The first-order valence-corrected chi connectivity index (χ1v) is 7.95. The van der Waals surface area contributed by atoms with Crippen molar-refractivity contribution in [2.24, 2.45) is 0 Å². The maximum Gasteiger partial charge on any atom is 0.261 e. The van der Waals surface area contributed by atoms with Gasteiger partial charge in [0, 0.05) is 15.7 Å². The van der Waals surface area contributed by atoms with Crippen molar-refractivity contribution < 1.29 is 9.18 Å². The van der Waals surface area contributed by atoms with Gasteiger partial charge in [0.1, 0.15) is 5.82 Å². The van der Waals surface area contributed by atoms with Crippen molar-refractivity contribution >= 4 is 43.3 Å². The van der Waals surface area contributed by atoms with Crippen LogP contribution in [0.1, 0.15) is 15.2 Å². The summed E-state index contributed by atoms with van der Waals surface area (Å²) in [5.41, 5.74) is 1.01. The summed E-state index contributed by atoms with van der Waals surface area (Å²) in [6.07, 6.45) is 0. The van der Waals surface area contributed by atoms with E-state index in [1.165, 1.54) is 23.5 Å². The van der Waals surface area contributed by atoms with Crippen LogP contribution >= 0.6 is 27.3 Å². The molecule has 0 aliphatic heterocycles. The zero-order chi connectivity index (χ0) is 14.8. The minimum absolute atomic E-state index is 0.146. The molecule has 5 heteroatoms. The molecule has 0 bridgehead atoms. The van der Waals surface area contributed by atoms with Crippen LogP contribution in [0.2, 0.25) is 0 Å². The second-order valence-corrected chi connectivity index (χ2v) is 6.50. The van der Waals surface area contributed by atoms with Crippen LogP contribution in [0.5, 0.6) is 0 Å². The zero-order valence-electron chi connectivity index (χ0n) is 10.9. The molecule has 1 heterocycles. The van der Waals surface area contributed by atoms with Crippen molar-refractivity contribution in [2.75, 3.05) is 0 Å². The molecule has 1 aromatic heterocycles. The Morgan fingerprint density at radius 2 is 2.00 bits per heavy atom. The van der Waals surface area contributed by atoms with Gasteiger partial charge >= 0.3 is 0 Å². The standard InChI is InChI=1S/C16H11BrFNOS/c17-13-4-2-1-3-11(13)9-19-16(20)15-7-10-5-6-12(18)8-14(10)21-15/h1-8H,9H2,(H,19,20). The summed E-state index contributed by atoms with van der Waals surface area (Å²) in [5.74, 6) is -0.433. The Kier molecular flexibility index (Phi) is 4.03. The second-order valence-electron chi connectivity index (χ2n) is 4.57. The van der Waals surface area contributed by atoms with E-state index in [4.69, 9.17) is 0 Å². The molecule has 1 N–H and O–H groups in total.